The molecule has 5 rings (SSSR count). The Morgan fingerprint density at radius 1 is 1.00 bits per heavy atom. The smallest absolute Gasteiger partial charge is 0.140 e. The lowest BCUT2D eigenvalue weighted by molar-refractivity contribution is 0.159. The van der Waals surface area contributed by atoms with Crippen LogP contribution in [0.4, 0.5) is 8.78 Å². The van der Waals surface area contributed by atoms with Gasteiger partial charge in [0.25, 0.3) is 0 Å². The molecule has 1 atom stereocenters. The van der Waals surface area contributed by atoms with E-state index in [9.17, 15) is 8.78 Å². The molecular formula is C22H21F2N3. The summed E-state index contributed by atoms with van der Waals surface area (Å²) < 4.78 is 28.3. The van der Waals surface area contributed by atoms with Crippen LogP contribution in [0.2, 0.25) is 0 Å². The molecule has 0 saturated carbocycles. The number of aromatic amines is 1. The topological polar surface area (TPSA) is 31.9 Å². The van der Waals surface area contributed by atoms with Gasteiger partial charge in [-0.1, -0.05) is 24.3 Å². The van der Waals surface area contributed by atoms with Crippen molar-refractivity contribution < 1.29 is 8.78 Å². The summed E-state index contributed by atoms with van der Waals surface area (Å²) in [5.74, 6) is 0.248. The highest BCUT2D eigenvalue weighted by atomic mass is 19.1. The molecule has 27 heavy (non-hydrogen) atoms. The highest BCUT2D eigenvalue weighted by molar-refractivity contribution is 5.57. The molecule has 0 fully saturated rings. The third-order valence-electron chi connectivity index (χ3n) is 5.91. The second-order valence-electron chi connectivity index (χ2n) is 7.49. The molecule has 5 heteroatoms. The summed E-state index contributed by atoms with van der Waals surface area (Å²) in [4.78, 5) is 10.4. The van der Waals surface area contributed by atoms with Crippen LogP contribution in [0.15, 0.2) is 42.5 Å². The molecule has 138 valence electrons. The van der Waals surface area contributed by atoms with Crippen LogP contribution in [0.3, 0.4) is 0 Å². The highest BCUT2D eigenvalue weighted by Crippen LogP contribution is 2.30. The van der Waals surface area contributed by atoms with Crippen LogP contribution >= 0.6 is 0 Å². The maximum atomic E-state index is 14.2. The van der Waals surface area contributed by atoms with Gasteiger partial charge in [-0.25, -0.2) is 13.8 Å². The van der Waals surface area contributed by atoms with Gasteiger partial charge in [0.2, 0.25) is 0 Å². The SMILES string of the molecule is Fc1ccccc1-c1nc2c([nH]1)CN(C1CCc3cccc(F)c3C1)CC2. The number of nitrogens with zero attached hydrogens (tertiary/aromatic N) is 2. The fraction of sp³-hybridized carbons (Fsp3) is 0.318. The lowest BCUT2D eigenvalue weighted by Gasteiger charge is -2.37. The van der Waals surface area contributed by atoms with Crippen molar-refractivity contribution in [2.75, 3.05) is 6.54 Å². The van der Waals surface area contributed by atoms with E-state index in [-0.39, 0.29) is 11.6 Å². The van der Waals surface area contributed by atoms with E-state index in [4.69, 9.17) is 0 Å². The van der Waals surface area contributed by atoms with E-state index in [2.05, 4.69) is 14.9 Å². The standard InChI is InChI=1S/C22H21F2N3/c23-18-6-2-1-5-16(18)22-25-20-10-11-27(13-21(20)26-22)15-9-8-14-4-3-7-19(24)17(14)12-15/h1-7,15H,8-13H2,(H,25,26). The number of halogens is 2. The van der Waals surface area contributed by atoms with Crippen LogP contribution < -0.4 is 0 Å². The molecule has 1 N–H and O–H groups in total. The van der Waals surface area contributed by atoms with Crippen molar-refractivity contribution in [3.05, 3.63) is 76.6 Å². The Kier molecular flexibility index (Phi) is 4.05. The lowest BCUT2D eigenvalue weighted by atomic mass is 9.86. The molecule has 1 aromatic heterocycles. The number of H-pyrrole nitrogens is 1. The van der Waals surface area contributed by atoms with E-state index >= 15 is 0 Å². The molecule has 3 nitrogen and oxygen atoms in total. The van der Waals surface area contributed by atoms with Gasteiger partial charge in [-0.15, -0.1) is 0 Å². The van der Waals surface area contributed by atoms with Crippen molar-refractivity contribution in [1.82, 2.24) is 14.9 Å². The Labute approximate surface area is 157 Å². The summed E-state index contributed by atoms with van der Waals surface area (Å²) in [6, 6.07) is 12.4. The second kappa shape index (κ2) is 6.57. The molecule has 0 spiro atoms. The number of hydrogen-bond donors (Lipinski definition) is 1. The number of benzene rings is 2. The minimum atomic E-state index is -0.264. The first-order valence-electron chi connectivity index (χ1n) is 9.52. The van der Waals surface area contributed by atoms with Crippen molar-refractivity contribution in [3.63, 3.8) is 0 Å². The predicted octanol–water partition coefficient (Wildman–Crippen LogP) is 4.27. The van der Waals surface area contributed by atoms with Gasteiger partial charge in [-0.3, -0.25) is 4.90 Å². The Hall–Kier alpha value is -2.53. The number of aromatic nitrogens is 2. The van der Waals surface area contributed by atoms with Crippen molar-refractivity contribution in [2.45, 2.75) is 38.3 Å². The summed E-state index contributed by atoms with van der Waals surface area (Å²) in [6.45, 7) is 1.66. The van der Waals surface area contributed by atoms with Crippen LogP contribution in [-0.4, -0.2) is 27.5 Å². The fourth-order valence-corrected chi connectivity index (χ4v) is 4.44. The molecule has 2 aliphatic rings. The zero-order valence-electron chi connectivity index (χ0n) is 15.0. The highest BCUT2D eigenvalue weighted by Gasteiger charge is 2.30. The first kappa shape index (κ1) is 16.6. The normalized spacial score (nSPS) is 19.6. The van der Waals surface area contributed by atoms with Gasteiger partial charge in [0.05, 0.1) is 17.0 Å². The van der Waals surface area contributed by atoms with Gasteiger partial charge in [-0.2, -0.15) is 0 Å². The fourth-order valence-electron chi connectivity index (χ4n) is 4.44. The average Bonchev–Trinajstić information content (AvgIpc) is 3.11. The molecule has 1 unspecified atom stereocenters. The maximum absolute atomic E-state index is 14.2. The van der Waals surface area contributed by atoms with Gasteiger partial charge < -0.3 is 4.98 Å². The van der Waals surface area contributed by atoms with Crippen molar-refractivity contribution in [1.29, 1.82) is 0 Å². The Balaban J connectivity index is 1.38. The van der Waals surface area contributed by atoms with Crippen molar-refractivity contribution >= 4 is 0 Å². The minimum Gasteiger partial charge on any atom is -0.340 e. The molecule has 2 aromatic carbocycles. The van der Waals surface area contributed by atoms with E-state index in [0.29, 0.717) is 17.4 Å². The summed E-state index contributed by atoms with van der Waals surface area (Å²) >= 11 is 0. The van der Waals surface area contributed by atoms with E-state index in [1.54, 1.807) is 24.3 Å². The lowest BCUT2D eigenvalue weighted by Crippen LogP contribution is -2.42. The van der Waals surface area contributed by atoms with Crippen LogP contribution in [0.25, 0.3) is 11.4 Å². The first-order chi connectivity index (χ1) is 13.2. The molecule has 1 aliphatic heterocycles. The summed E-state index contributed by atoms with van der Waals surface area (Å²) in [5.41, 5.74) is 4.60. The predicted molar refractivity (Wildman–Crippen MR) is 100 cm³/mol. The molecule has 1 aliphatic carbocycles. The van der Waals surface area contributed by atoms with Crippen LogP contribution in [-0.2, 0) is 25.8 Å². The second-order valence-corrected chi connectivity index (χ2v) is 7.49. The van der Waals surface area contributed by atoms with E-state index in [1.807, 2.05) is 12.1 Å². The number of hydrogen-bond acceptors (Lipinski definition) is 2. The molecule has 0 amide bonds. The maximum Gasteiger partial charge on any atom is 0.140 e. The number of rotatable bonds is 2. The number of fused-ring (bicyclic) bond motifs is 2. The van der Waals surface area contributed by atoms with Crippen molar-refractivity contribution in [3.8, 4) is 11.4 Å². The van der Waals surface area contributed by atoms with Gasteiger partial charge in [0, 0.05) is 25.6 Å². The third-order valence-corrected chi connectivity index (χ3v) is 5.91. The average molecular weight is 365 g/mol. The molecule has 0 radical (unpaired) electrons. The van der Waals surface area contributed by atoms with Gasteiger partial charge >= 0.3 is 0 Å². The van der Waals surface area contributed by atoms with Crippen molar-refractivity contribution in [2.24, 2.45) is 0 Å². The van der Waals surface area contributed by atoms with E-state index in [0.717, 1.165) is 61.3 Å². The molecule has 2 heterocycles. The number of imidazole rings is 1. The van der Waals surface area contributed by atoms with Crippen LogP contribution in [0.1, 0.15) is 28.9 Å². The number of nitrogens with one attached hydrogen (secondary N) is 1. The van der Waals surface area contributed by atoms with Gasteiger partial charge in [0.15, 0.2) is 0 Å². The molecule has 0 bridgehead atoms. The van der Waals surface area contributed by atoms with E-state index in [1.165, 1.54) is 6.07 Å². The molecule has 0 saturated heterocycles. The largest absolute Gasteiger partial charge is 0.340 e. The molecular weight excluding hydrogens is 344 g/mol. The Morgan fingerprint density at radius 2 is 1.85 bits per heavy atom. The van der Waals surface area contributed by atoms with Crippen LogP contribution in [0, 0.1) is 11.6 Å². The van der Waals surface area contributed by atoms with Crippen LogP contribution in [0.5, 0.6) is 0 Å². The zero-order valence-corrected chi connectivity index (χ0v) is 15.0. The Morgan fingerprint density at radius 3 is 2.74 bits per heavy atom. The van der Waals surface area contributed by atoms with Gasteiger partial charge in [0.1, 0.15) is 17.5 Å². The molecule has 3 aromatic rings. The Bertz CT molecular complexity index is 995. The third kappa shape index (κ3) is 2.96. The number of aryl methyl sites for hydroxylation is 1. The summed E-state index contributed by atoms with van der Waals surface area (Å²) in [6.07, 6.45) is 3.55. The summed E-state index contributed by atoms with van der Waals surface area (Å²) in [7, 11) is 0. The monoisotopic (exact) mass is 365 g/mol. The quantitative estimate of drug-likeness (QED) is 0.735. The zero-order chi connectivity index (χ0) is 18.4. The van der Waals surface area contributed by atoms with E-state index < -0.39 is 0 Å². The first-order valence-corrected chi connectivity index (χ1v) is 9.52. The summed E-state index contributed by atoms with van der Waals surface area (Å²) in [5, 5.41) is 0. The van der Waals surface area contributed by atoms with Gasteiger partial charge in [-0.05, 0) is 48.6 Å². The minimum absolute atomic E-state index is 0.0849.